The molecule has 3 aromatic rings. The number of likely N-dealkylation sites (tertiary alicyclic amines) is 1. The summed E-state index contributed by atoms with van der Waals surface area (Å²) in [5.74, 6) is 0.713. The predicted octanol–water partition coefficient (Wildman–Crippen LogP) is 0.400. The van der Waals surface area contributed by atoms with Gasteiger partial charge in [0.2, 0.25) is 0 Å². The number of aryl methyl sites for hydroxylation is 2. The van der Waals surface area contributed by atoms with Crippen molar-refractivity contribution in [2.45, 2.75) is 39.4 Å². The first-order valence-corrected chi connectivity index (χ1v) is 10.6. The van der Waals surface area contributed by atoms with Crippen LogP contribution in [0.25, 0.3) is 0 Å². The zero-order valence-corrected chi connectivity index (χ0v) is 17.4. The molecule has 0 saturated carbocycles. The van der Waals surface area contributed by atoms with Crippen molar-refractivity contribution in [3.05, 3.63) is 60.6 Å². The van der Waals surface area contributed by atoms with Crippen LogP contribution in [-0.2, 0) is 33.1 Å². The highest BCUT2D eigenvalue weighted by molar-refractivity contribution is 7.09. The molecular formula is C19H23N7O2S. The maximum absolute atomic E-state index is 12.7. The summed E-state index contributed by atoms with van der Waals surface area (Å²) in [4.78, 5) is 32.1. The van der Waals surface area contributed by atoms with Gasteiger partial charge in [-0.15, -0.1) is 11.3 Å². The molecule has 1 atom stereocenters. The first-order chi connectivity index (χ1) is 13.9. The van der Waals surface area contributed by atoms with E-state index >= 15 is 0 Å². The highest BCUT2D eigenvalue weighted by Gasteiger charge is 2.44. The van der Waals surface area contributed by atoms with Crippen molar-refractivity contribution in [2.75, 3.05) is 13.1 Å². The van der Waals surface area contributed by atoms with Crippen LogP contribution in [-0.4, -0.2) is 47.1 Å². The third-order valence-electron chi connectivity index (χ3n) is 5.90. The average molecular weight is 414 g/mol. The molecule has 3 aromatic heterocycles. The lowest BCUT2D eigenvalue weighted by Gasteiger charge is -2.22. The fourth-order valence-electron chi connectivity index (χ4n) is 4.59. The fourth-order valence-corrected chi connectivity index (χ4v) is 5.20. The van der Waals surface area contributed by atoms with E-state index in [1.54, 1.807) is 4.57 Å². The summed E-state index contributed by atoms with van der Waals surface area (Å²) >= 11 is 1.53. The van der Waals surface area contributed by atoms with Gasteiger partial charge in [0.25, 0.3) is 0 Å². The number of nitrogens with zero attached hydrogens (tertiary/aromatic N) is 7. The second-order valence-electron chi connectivity index (χ2n) is 8.29. The molecule has 5 rings (SSSR count). The molecule has 0 amide bonds. The van der Waals surface area contributed by atoms with Gasteiger partial charge in [0.05, 0.1) is 23.4 Å². The Morgan fingerprint density at radius 1 is 1.21 bits per heavy atom. The van der Waals surface area contributed by atoms with Crippen molar-refractivity contribution in [2.24, 2.45) is 12.5 Å². The Balaban J connectivity index is 1.37. The smallest absolute Gasteiger partial charge is 0.298 e. The molecule has 5 heterocycles. The molecule has 0 radical (unpaired) electrons. The minimum absolute atomic E-state index is 0.0236. The molecule has 0 bridgehead atoms. The van der Waals surface area contributed by atoms with Crippen molar-refractivity contribution in [3.63, 3.8) is 0 Å². The van der Waals surface area contributed by atoms with Crippen LogP contribution in [0.15, 0.2) is 27.4 Å². The molecule has 1 saturated heterocycles. The van der Waals surface area contributed by atoms with Gasteiger partial charge in [-0.25, -0.2) is 9.67 Å². The summed E-state index contributed by atoms with van der Waals surface area (Å²) in [6, 6.07) is 0. The normalized spacial score (nSPS) is 21.3. The lowest BCUT2D eigenvalue weighted by Crippen LogP contribution is -2.43. The number of fused-ring (bicyclic) bond motifs is 1. The summed E-state index contributed by atoms with van der Waals surface area (Å²) < 4.78 is 4.69. The number of thiazole rings is 1. The number of rotatable bonds is 4. The lowest BCUT2D eigenvalue weighted by molar-refractivity contribution is 0.246. The second kappa shape index (κ2) is 6.74. The van der Waals surface area contributed by atoms with Gasteiger partial charge >= 0.3 is 11.1 Å². The van der Waals surface area contributed by atoms with Gasteiger partial charge in [-0.1, -0.05) is 0 Å². The number of aromatic nitrogens is 6. The molecule has 10 heteroatoms. The Morgan fingerprint density at radius 3 is 2.79 bits per heavy atom. The zero-order valence-electron chi connectivity index (χ0n) is 16.5. The van der Waals surface area contributed by atoms with Gasteiger partial charge in [0, 0.05) is 55.7 Å². The fraction of sp³-hybridized carbons (Fsp3) is 0.526. The third-order valence-corrected chi connectivity index (χ3v) is 6.72. The molecule has 0 aliphatic carbocycles. The Bertz CT molecular complexity index is 1190. The van der Waals surface area contributed by atoms with Crippen LogP contribution in [0.2, 0.25) is 0 Å². The summed E-state index contributed by atoms with van der Waals surface area (Å²) in [6.07, 6.45) is 5.65. The van der Waals surface area contributed by atoms with Crippen molar-refractivity contribution < 1.29 is 0 Å². The molecule has 2 aliphatic rings. The van der Waals surface area contributed by atoms with Crippen LogP contribution < -0.4 is 11.1 Å². The van der Waals surface area contributed by atoms with Gasteiger partial charge in [0.1, 0.15) is 5.82 Å². The van der Waals surface area contributed by atoms with Crippen LogP contribution in [0, 0.1) is 12.3 Å². The van der Waals surface area contributed by atoms with E-state index in [-0.39, 0.29) is 12.0 Å². The van der Waals surface area contributed by atoms with Gasteiger partial charge in [-0.2, -0.15) is 10.2 Å². The second-order valence-corrected chi connectivity index (χ2v) is 9.35. The Kier molecular flexibility index (Phi) is 4.28. The summed E-state index contributed by atoms with van der Waals surface area (Å²) in [7, 11) is 1.92. The first kappa shape index (κ1) is 18.4. The van der Waals surface area contributed by atoms with E-state index in [4.69, 9.17) is 0 Å². The van der Waals surface area contributed by atoms with Gasteiger partial charge in [0.15, 0.2) is 0 Å². The van der Waals surface area contributed by atoms with E-state index in [0.717, 1.165) is 43.2 Å². The summed E-state index contributed by atoms with van der Waals surface area (Å²) in [5.41, 5.74) is 0.895. The van der Waals surface area contributed by atoms with Crippen molar-refractivity contribution >= 4 is 11.3 Å². The molecule has 0 N–H and O–H groups in total. The minimum Gasteiger partial charge on any atom is -0.298 e. The van der Waals surface area contributed by atoms with Crippen molar-refractivity contribution in [3.8, 4) is 0 Å². The largest absolute Gasteiger partial charge is 0.332 e. The molecule has 1 spiro atoms. The Morgan fingerprint density at radius 2 is 2.07 bits per heavy atom. The lowest BCUT2D eigenvalue weighted by atomic mass is 9.86. The SMILES string of the molecule is Cc1nc(Cn2nc3n(c(=O)c2=O)C[C@]2(CCN(Cc4cnn(C)c4)C2)C3)cs1. The van der Waals surface area contributed by atoms with Crippen LogP contribution in [0.1, 0.15) is 28.5 Å². The highest BCUT2D eigenvalue weighted by Crippen LogP contribution is 2.39. The Labute approximate surface area is 171 Å². The molecule has 29 heavy (non-hydrogen) atoms. The van der Waals surface area contributed by atoms with Gasteiger partial charge < -0.3 is 0 Å². The van der Waals surface area contributed by atoms with Crippen LogP contribution >= 0.6 is 11.3 Å². The topological polar surface area (TPSA) is 90.8 Å². The van der Waals surface area contributed by atoms with Gasteiger partial charge in [-0.05, 0) is 19.9 Å². The standard InChI is InChI=1S/C19H23N7O2S/c1-13-21-15(10-29-13)9-26-18(28)17(27)25-12-19(5-16(25)22-26)3-4-24(11-19)8-14-6-20-23(2)7-14/h6-7,10H,3-5,8-9,11-12H2,1-2H3/t19-/m1/s1. The minimum atomic E-state index is -0.568. The predicted molar refractivity (Wildman–Crippen MR) is 108 cm³/mol. The highest BCUT2D eigenvalue weighted by atomic mass is 32.1. The van der Waals surface area contributed by atoms with Crippen LogP contribution in [0.3, 0.4) is 0 Å². The summed E-state index contributed by atoms with van der Waals surface area (Å²) in [6.45, 7) is 5.45. The first-order valence-electron chi connectivity index (χ1n) is 9.73. The number of hydrogen-bond acceptors (Lipinski definition) is 7. The van der Waals surface area contributed by atoms with E-state index in [0.29, 0.717) is 12.4 Å². The monoisotopic (exact) mass is 413 g/mol. The molecule has 0 aromatic carbocycles. The maximum atomic E-state index is 12.7. The van der Waals surface area contributed by atoms with Crippen molar-refractivity contribution in [1.29, 1.82) is 0 Å². The summed E-state index contributed by atoms with van der Waals surface area (Å²) in [5, 5.41) is 11.6. The van der Waals surface area contributed by atoms with E-state index in [1.165, 1.54) is 21.6 Å². The molecule has 0 unspecified atom stereocenters. The maximum Gasteiger partial charge on any atom is 0.332 e. The Hall–Kier alpha value is -2.59. The van der Waals surface area contributed by atoms with Gasteiger partial charge in [-0.3, -0.25) is 23.7 Å². The van der Waals surface area contributed by atoms with Crippen molar-refractivity contribution in [1.82, 2.24) is 34.0 Å². The van der Waals surface area contributed by atoms with E-state index in [2.05, 4.69) is 20.1 Å². The molecule has 9 nitrogen and oxygen atoms in total. The van der Waals surface area contributed by atoms with E-state index < -0.39 is 11.1 Å². The van der Waals surface area contributed by atoms with Crippen LogP contribution in [0.5, 0.6) is 0 Å². The number of hydrogen-bond donors (Lipinski definition) is 0. The quantitative estimate of drug-likeness (QED) is 0.575. The molecule has 152 valence electrons. The third kappa shape index (κ3) is 3.36. The molecule has 1 fully saturated rings. The van der Waals surface area contributed by atoms with E-state index in [1.807, 2.05) is 36.4 Å². The molecular weight excluding hydrogens is 390 g/mol. The zero-order chi connectivity index (χ0) is 20.2. The molecule has 2 aliphatic heterocycles. The van der Waals surface area contributed by atoms with E-state index in [9.17, 15) is 9.59 Å². The average Bonchev–Trinajstić information content (AvgIpc) is 3.44. The van der Waals surface area contributed by atoms with Crippen LogP contribution in [0.4, 0.5) is 0 Å².